The molecule has 0 aliphatic carbocycles. The zero-order chi connectivity index (χ0) is 27.2. The summed E-state index contributed by atoms with van der Waals surface area (Å²) in [5.74, 6) is 0.492. The first-order valence-electron chi connectivity index (χ1n) is 12.3. The SMILES string of the molecule is C[C@H]1[C@H](F)C[C@@H](COc2nc(N3CCNCC3)c3cc(Cl)c(-c4nc(N)ccc4C(F)(F)F)cc3n2)N1C. The van der Waals surface area contributed by atoms with Crippen molar-refractivity contribution in [1.82, 2.24) is 25.2 Å². The van der Waals surface area contributed by atoms with E-state index in [1.165, 1.54) is 6.07 Å². The van der Waals surface area contributed by atoms with Crippen molar-refractivity contribution in [2.24, 2.45) is 0 Å². The molecule has 0 spiro atoms. The van der Waals surface area contributed by atoms with E-state index in [1.54, 1.807) is 6.07 Å². The Kier molecular flexibility index (Phi) is 7.23. The predicted molar refractivity (Wildman–Crippen MR) is 138 cm³/mol. The summed E-state index contributed by atoms with van der Waals surface area (Å²) in [6.07, 6.45) is -5.29. The van der Waals surface area contributed by atoms with Crippen molar-refractivity contribution in [1.29, 1.82) is 0 Å². The normalized spacial score (nSPS) is 22.8. The van der Waals surface area contributed by atoms with Crippen molar-refractivity contribution >= 4 is 34.1 Å². The Labute approximate surface area is 222 Å². The quantitative estimate of drug-likeness (QED) is 0.455. The van der Waals surface area contributed by atoms with E-state index < -0.39 is 17.9 Å². The van der Waals surface area contributed by atoms with Gasteiger partial charge in [0.25, 0.3) is 0 Å². The van der Waals surface area contributed by atoms with Gasteiger partial charge >= 0.3 is 12.2 Å². The van der Waals surface area contributed by atoms with Crippen LogP contribution in [0.4, 0.5) is 29.2 Å². The summed E-state index contributed by atoms with van der Waals surface area (Å²) in [7, 11) is 1.84. The average Bonchev–Trinajstić information content (AvgIpc) is 3.13. The molecule has 0 bridgehead atoms. The summed E-state index contributed by atoms with van der Waals surface area (Å²) in [5.41, 5.74) is 4.78. The number of likely N-dealkylation sites (tertiary alicyclic amines) is 1. The molecule has 204 valence electrons. The highest BCUT2D eigenvalue weighted by molar-refractivity contribution is 6.34. The lowest BCUT2D eigenvalue weighted by Gasteiger charge is -2.29. The number of fused-ring (bicyclic) bond motifs is 1. The van der Waals surface area contributed by atoms with E-state index in [1.807, 2.05) is 23.8 Å². The molecule has 2 fully saturated rings. The van der Waals surface area contributed by atoms with Gasteiger partial charge in [-0.15, -0.1) is 0 Å². The molecule has 13 heteroatoms. The molecule has 2 aliphatic heterocycles. The topological polar surface area (TPSA) is 92.4 Å². The van der Waals surface area contributed by atoms with Gasteiger partial charge in [-0.05, 0) is 44.7 Å². The third kappa shape index (κ3) is 5.16. The van der Waals surface area contributed by atoms with Crippen LogP contribution >= 0.6 is 11.6 Å². The molecule has 0 radical (unpaired) electrons. The first-order valence-corrected chi connectivity index (χ1v) is 12.7. The summed E-state index contributed by atoms with van der Waals surface area (Å²) in [6, 6.07) is 4.66. The Morgan fingerprint density at radius 1 is 1.16 bits per heavy atom. The van der Waals surface area contributed by atoms with Crippen LogP contribution in [0.5, 0.6) is 6.01 Å². The maximum Gasteiger partial charge on any atom is 0.418 e. The zero-order valence-corrected chi connectivity index (χ0v) is 21.7. The van der Waals surface area contributed by atoms with Crippen LogP contribution in [0.3, 0.4) is 0 Å². The molecule has 0 saturated carbocycles. The molecule has 8 nitrogen and oxygen atoms in total. The van der Waals surface area contributed by atoms with Gasteiger partial charge in [-0.25, -0.2) is 9.37 Å². The molecule has 5 rings (SSSR count). The maximum atomic E-state index is 14.2. The van der Waals surface area contributed by atoms with E-state index in [0.717, 1.165) is 25.2 Å². The van der Waals surface area contributed by atoms with Crippen molar-refractivity contribution in [2.45, 2.75) is 37.8 Å². The molecule has 3 atom stereocenters. The van der Waals surface area contributed by atoms with Crippen LogP contribution in [0.1, 0.15) is 18.9 Å². The second-order valence-corrected chi connectivity index (χ2v) is 10.1. The van der Waals surface area contributed by atoms with Crippen LogP contribution in [0, 0.1) is 0 Å². The molecule has 1 aromatic carbocycles. The lowest BCUT2D eigenvalue weighted by Crippen LogP contribution is -2.44. The van der Waals surface area contributed by atoms with E-state index >= 15 is 0 Å². The van der Waals surface area contributed by atoms with E-state index in [-0.39, 0.29) is 46.8 Å². The largest absolute Gasteiger partial charge is 0.462 e. The number of hydrogen-bond acceptors (Lipinski definition) is 8. The summed E-state index contributed by atoms with van der Waals surface area (Å²) in [4.78, 5) is 17.1. The number of rotatable bonds is 5. The van der Waals surface area contributed by atoms with Crippen molar-refractivity contribution in [3.05, 3.63) is 34.9 Å². The number of nitrogens with two attached hydrogens (primary N) is 1. The number of nitrogens with zero attached hydrogens (tertiary/aromatic N) is 5. The number of anilines is 2. The molecule has 2 aromatic heterocycles. The fraction of sp³-hybridized carbons (Fsp3) is 0.480. The molecule has 2 saturated heterocycles. The number of nitrogen functional groups attached to an aromatic ring is 1. The monoisotopic (exact) mass is 553 g/mol. The third-order valence-corrected chi connectivity index (χ3v) is 7.59. The van der Waals surface area contributed by atoms with Gasteiger partial charge in [0.15, 0.2) is 0 Å². The van der Waals surface area contributed by atoms with Crippen LogP contribution in [-0.4, -0.2) is 77.9 Å². The molecule has 3 aromatic rings. The fourth-order valence-corrected chi connectivity index (χ4v) is 5.20. The van der Waals surface area contributed by atoms with Crippen LogP contribution in [0.2, 0.25) is 5.02 Å². The van der Waals surface area contributed by atoms with Gasteiger partial charge < -0.3 is 20.7 Å². The molecule has 0 unspecified atom stereocenters. The number of ether oxygens (including phenoxy) is 1. The second-order valence-electron chi connectivity index (χ2n) is 9.67. The van der Waals surface area contributed by atoms with E-state index in [4.69, 9.17) is 22.1 Å². The molecule has 0 amide bonds. The Hall–Kier alpha value is -2.96. The maximum absolute atomic E-state index is 14.2. The summed E-state index contributed by atoms with van der Waals surface area (Å²) < 4.78 is 61.6. The molecular weight excluding hydrogens is 526 g/mol. The Morgan fingerprint density at radius 3 is 2.55 bits per heavy atom. The third-order valence-electron chi connectivity index (χ3n) is 7.28. The number of halogens is 5. The standard InChI is InChI=1S/C25H28ClF4N7O/c1-13-19(27)9-14(36(13)2)12-38-24-33-20-11-15(22-17(25(28,29)30)3-4-21(31)34-22)18(26)10-16(20)23(35-24)37-7-5-32-6-8-37/h3-4,10-11,13-14,19,32H,5-9,12H2,1-2H3,(H2,31,34)/t13-,14-,19+/m0/s1. The predicted octanol–water partition coefficient (Wildman–Crippen LogP) is 4.17. The number of alkyl halides is 4. The summed E-state index contributed by atoms with van der Waals surface area (Å²) >= 11 is 6.55. The Morgan fingerprint density at radius 2 is 1.89 bits per heavy atom. The van der Waals surface area contributed by atoms with Crippen molar-refractivity contribution in [3.63, 3.8) is 0 Å². The number of benzene rings is 1. The van der Waals surface area contributed by atoms with E-state index in [9.17, 15) is 17.6 Å². The van der Waals surface area contributed by atoms with Crippen molar-refractivity contribution in [3.8, 4) is 17.3 Å². The minimum atomic E-state index is -4.67. The number of aromatic nitrogens is 3. The van der Waals surface area contributed by atoms with E-state index in [2.05, 4.69) is 20.3 Å². The van der Waals surface area contributed by atoms with Gasteiger partial charge in [-0.3, -0.25) is 4.90 Å². The Bertz CT molecular complexity index is 1340. The lowest BCUT2D eigenvalue weighted by molar-refractivity contribution is -0.137. The first-order chi connectivity index (χ1) is 18.0. The number of likely N-dealkylation sites (N-methyl/N-ethyl adjacent to an activating group) is 1. The molecular formula is C25H28ClF4N7O. The van der Waals surface area contributed by atoms with Crippen LogP contribution in [0.15, 0.2) is 24.3 Å². The Balaban J connectivity index is 1.59. The van der Waals surface area contributed by atoms with Gasteiger partial charge in [0.1, 0.15) is 24.4 Å². The van der Waals surface area contributed by atoms with Gasteiger partial charge in [-0.1, -0.05) is 11.6 Å². The number of hydrogen-bond donors (Lipinski definition) is 2. The van der Waals surface area contributed by atoms with Gasteiger partial charge in [0, 0.05) is 49.2 Å². The van der Waals surface area contributed by atoms with Crippen molar-refractivity contribution in [2.75, 3.05) is 50.5 Å². The minimum absolute atomic E-state index is 0.0410. The van der Waals surface area contributed by atoms with Crippen LogP contribution < -0.4 is 20.7 Å². The highest BCUT2D eigenvalue weighted by atomic mass is 35.5. The highest BCUT2D eigenvalue weighted by Crippen LogP contribution is 2.41. The smallest absolute Gasteiger partial charge is 0.418 e. The number of nitrogens with one attached hydrogen (secondary N) is 1. The van der Waals surface area contributed by atoms with Gasteiger partial charge in [-0.2, -0.15) is 23.1 Å². The second kappa shape index (κ2) is 10.3. The van der Waals surface area contributed by atoms with E-state index in [0.29, 0.717) is 36.2 Å². The summed E-state index contributed by atoms with van der Waals surface area (Å²) in [6.45, 7) is 4.78. The number of piperazine rings is 1. The molecule has 2 aliphatic rings. The van der Waals surface area contributed by atoms with Crippen LogP contribution in [-0.2, 0) is 6.18 Å². The highest BCUT2D eigenvalue weighted by Gasteiger charge is 2.37. The molecule has 4 heterocycles. The van der Waals surface area contributed by atoms with Gasteiger partial charge in [0.05, 0.1) is 21.8 Å². The molecule has 3 N–H and O–H groups in total. The first kappa shape index (κ1) is 26.6. The zero-order valence-electron chi connectivity index (χ0n) is 20.9. The minimum Gasteiger partial charge on any atom is -0.462 e. The molecule has 38 heavy (non-hydrogen) atoms. The average molecular weight is 554 g/mol. The van der Waals surface area contributed by atoms with Crippen LogP contribution in [0.25, 0.3) is 22.2 Å². The lowest BCUT2D eigenvalue weighted by atomic mass is 10.0. The van der Waals surface area contributed by atoms with Crippen molar-refractivity contribution < 1.29 is 22.3 Å². The number of pyridine rings is 1. The summed E-state index contributed by atoms with van der Waals surface area (Å²) in [5, 5.41) is 3.91. The van der Waals surface area contributed by atoms with Gasteiger partial charge in [0.2, 0.25) is 0 Å². The fourth-order valence-electron chi connectivity index (χ4n) is 4.95.